The highest BCUT2D eigenvalue weighted by atomic mass is 35.5. The van der Waals surface area contributed by atoms with Crippen LogP contribution in [0.25, 0.3) is 0 Å². The van der Waals surface area contributed by atoms with Crippen LogP contribution in [0.2, 0.25) is 5.02 Å². The van der Waals surface area contributed by atoms with E-state index in [1.165, 1.54) is 5.54 Å². The topological polar surface area (TPSA) is 20.2 Å². The minimum Gasteiger partial charge on any atom is -0.506 e. The first kappa shape index (κ1) is 9.43. The van der Waals surface area contributed by atoms with E-state index < -0.39 is 0 Å². The number of aromatic hydroxyl groups is 1. The Morgan fingerprint density at radius 1 is 1.42 bits per heavy atom. The molecule has 0 atom stereocenters. The third-order valence-corrected chi connectivity index (χ3v) is 1.98. The molecule has 0 fully saturated rings. The van der Waals surface area contributed by atoms with E-state index in [-0.39, 0.29) is 5.75 Å². The third-order valence-electron chi connectivity index (χ3n) is 1.50. The number of halogens is 2. The summed E-state index contributed by atoms with van der Waals surface area (Å²) in [6, 6.07) is 5.24. The molecule has 64 valence electrons. The van der Waals surface area contributed by atoms with Gasteiger partial charge in [-0.25, -0.2) is 0 Å². The molecule has 12 heavy (non-hydrogen) atoms. The number of hydrogen-bond acceptors (Lipinski definition) is 1. The summed E-state index contributed by atoms with van der Waals surface area (Å²) in [6.45, 7) is 0. The molecule has 1 N–H and O–H groups in total. The lowest BCUT2D eigenvalue weighted by atomic mass is 10.1. The summed E-state index contributed by atoms with van der Waals surface area (Å²) >= 11 is 11.0. The van der Waals surface area contributed by atoms with Crippen LogP contribution in [-0.4, -0.2) is 5.11 Å². The minimum atomic E-state index is 0.133. The number of hydrogen-bond donors (Lipinski definition) is 1. The Morgan fingerprint density at radius 3 is 2.83 bits per heavy atom. The van der Waals surface area contributed by atoms with Gasteiger partial charge in [0, 0.05) is 5.54 Å². The van der Waals surface area contributed by atoms with E-state index in [2.05, 4.69) is 0 Å². The van der Waals surface area contributed by atoms with Crippen molar-refractivity contribution in [3.63, 3.8) is 0 Å². The number of phenolic OH excluding ortho intramolecular Hbond substituents is 1. The molecule has 0 spiro atoms. The third kappa shape index (κ3) is 2.16. The summed E-state index contributed by atoms with van der Waals surface area (Å²) in [7, 11) is 0. The summed E-state index contributed by atoms with van der Waals surface area (Å²) in [5, 5.41) is 9.79. The van der Waals surface area contributed by atoms with Crippen LogP contribution < -0.4 is 0 Å². The normalized spacial score (nSPS) is 10.8. The largest absolute Gasteiger partial charge is 0.506 e. The average molecular weight is 203 g/mol. The molecule has 1 aromatic carbocycles. The summed E-state index contributed by atoms with van der Waals surface area (Å²) < 4.78 is 0. The Kier molecular flexibility index (Phi) is 3.45. The first-order valence-corrected chi connectivity index (χ1v) is 4.28. The molecule has 1 nitrogen and oxygen atoms in total. The number of benzene rings is 1. The molecule has 0 saturated carbocycles. The van der Waals surface area contributed by atoms with Gasteiger partial charge in [-0.2, -0.15) is 0 Å². The first-order chi connectivity index (χ1) is 5.75. The van der Waals surface area contributed by atoms with E-state index in [1.54, 1.807) is 24.3 Å². The lowest BCUT2D eigenvalue weighted by molar-refractivity contribution is 0.470. The Balaban J connectivity index is 2.92. The smallest absolute Gasteiger partial charge is 0.137 e. The molecular formula is C9H8Cl2O. The van der Waals surface area contributed by atoms with E-state index in [0.29, 0.717) is 11.4 Å². The fourth-order valence-corrected chi connectivity index (χ4v) is 1.18. The maximum atomic E-state index is 9.42. The number of rotatable bonds is 2. The maximum Gasteiger partial charge on any atom is 0.137 e. The summed E-state index contributed by atoms with van der Waals surface area (Å²) in [6.07, 6.45) is 2.34. The van der Waals surface area contributed by atoms with Gasteiger partial charge in [0.1, 0.15) is 5.75 Å². The molecule has 0 amide bonds. The van der Waals surface area contributed by atoms with Gasteiger partial charge < -0.3 is 5.11 Å². The molecule has 0 aliphatic rings. The average Bonchev–Trinajstić information content (AvgIpc) is 2.08. The predicted molar refractivity (Wildman–Crippen MR) is 51.8 cm³/mol. The van der Waals surface area contributed by atoms with Gasteiger partial charge in [0.25, 0.3) is 0 Å². The van der Waals surface area contributed by atoms with E-state index >= 15 is 0 Å². The zero-order valence-electron chi connectivity index (χ0n) is 6.30. The zero-order chi connectivity index (χ0) is 8.97. The number of allylic oxidation sites excluding steroid dienone is 1. The SMILES string of the molecule is Oc1c(Cl)cccc1C/C=C/Cl. The minimum absolute atomic E-state index is 0.133. The van der Waals surface area contributed by atoms with E-state index in [4.69, 9.17) is 23.2 Å². The molecule has 0 aliphatic carbocycles. The number of para-hydroxylation sites is 1. The summed E-state index contributed by atoms with van der Waals surface area (Å²) in [5.41, 5.74) is 2.19. The molecule has 1 aromatic rings. The monoisotopic (exact) mass is 202 g/mol. The molecule has 1 rings (SSSR count). The van der Waals surface area contributed by atoms with Gasteiger partial charge in [-0.1, -0.05) is 41.4 Å². The van der Waals surface area contributed by atoms with Gasteiger partial charge in [0.05, 0.1) is 5.02 Å². The second-order valence-corrected chi connectivity index (χ2v) is 2.97. The van der Waals surface area contributed by atoms with Gasteiger partial charge in [0.2, 0.25) is 0 Å². The van der Waals surface area contributed by atoms with Crippen LogP contribution in [0, 0.1) is 0 Å². The highest BCUT2D eigenvalue weighted by Gasteiger charge is 2.01. The number of phenols is 1. The molecule has 0 radical (unpaired) electrons. The second-order valence-electron chi connectivity index (χ2n) is 2.31. The Hall–Kier alpha value is -0.660. The van der Waals surface area contributed by atoms with Crippen molar-refractivity contribution in [2.45, 2.75) is 6.42 Å². The fraction of sp³-hybridized carbons (Fsp3) is 0.111. The van der Waals surface area contributed by atoms with Crippen molar-refractivity contribution in [1.82, 2.24) is 0 Å². The fourth-order valence-electron chi connectivity index (χ4n) is 0.896. The van der Waals surface area contributed by atoms with Crippen molar-refractivity contribution in [2.75, 3.05) is 0 Å². The molecule has 0 heterocycles. The lowest BCUT2D eigenvalue weighted by Gasteiger charge is -2.01. The summed E-state index contributed by atoms with van der Waals surface area (Å²) in [5.74, 6) is 0.133. The van der Waals surface area contributed by atoms with Crippen LogP contribution in [0.4, 0.5) is 0 Å². The molecule has 0 aliphatic heterocycles. The van der Waals surface area contributed by atoms with Crippen molar-refractivity contribution in [1.29, 1.82) is 0 Å². The molecule has 0 aromatic heterocycles. The Bertz CT molecular complexity index is 295. The van der Waals surface area contributed by atoms with Crippen molar-refractivity contribution in [3.8, 4) is 5.75 Å². The maximum absolute atomic E-state index is 9.42. The van der Waals surface area contributed by atoms with Gasteiger partial charge in [-0.3, -0.25) is 0 Å². The highest BCUT2D eigenvalue weighted by Crippen LogP contribution is 2.27. The Morgan fingerprint density at radius 2 is 2.17 bits per heavy atom. The molecule has 0 unspecified atom stereocenters. The first-order valence-electron chi connectivity index (χ1n) is 3.47. The van der Waals surface area contributed by atoms with Crippen LogP contribution in [0.3, 0.4) is 0 Å². The van der Waals surface area contributed by atoms with Crippen LogP contribution >= 0.6 is 23.2 Å². The Labute approximate surface area is 81.2 Å². The van der Waals surface area contributed by atoms with Crippen LogP contribution in [0.15, 0.2) is 29.8 Å². The standard InChI is InChI=1S/C9H8Cl2O/c10-6-2-4-7-3-1-5-8(11)9(7)12/h1-3,5-6,12H,4H2/b6-2+. The van der Waals surface area contributed by atoms with Crippen molar-refractivity contribution >= 4 is 23.2 Å². The molecule has 0 bridgehead atoms. The van der Waals surface area contributed by atoms with Gasteiger partial charge in [-0.15, -0.1) is 0 Å². The van der Waals surface area contributed by atoms with Crippen LogP contribution in [0.5, 0.6) is 5.75 Å². The summed E-state index contributed by atoms with van der Waals surface area (Å²) in [4.78, 5) is 0. The van der Waals surface area contributed by atoms with E-state index in [0.717, 1.165) is 5.56 Å². The lowest BCUT2D eigenvalue weighted by Crippen LogP contribution is -1.81. The van der Waals surface area contributed by atoms with E-state index in [9.17, 15) is 5.11 Å². The zero-order valence-corrected chi connectivity index (χ0v) is 7.81. The van der Waals surface area contributed by atoms with Gasteiger partial charge in [0.15, 0.2) is 0 Å². The van der Waals surface area contributed by atoms with Crippen LogP contribution in [-0.2, 0) is 6.42 Å². The van der Waals surface area contributed by atoms with Crippen molar-refractivity contribution in [3.05, 3.63) is 40.4 Å². The molecule has 3 heteroatoms. The van der Waals surface area contributed by atoms with Gasteiger partial charge >= 0.3 is 0 Å². The second kappa shape index (κ2) is 4.39. The molecule has 0 saturated heterocycles. The van der Waals surface area contributed by atoms with Gasteiger partial charge in [-0.05, 0) is 18.1 Å². The predicted octanol–water partition coefficient (Wildman–Crippen LogP) is 3.34. The van der Waals surface area contributed by atoms with Crippen LogP contribution in [0.1, 0.15) is 5.56 Å². The van der Waals surface area contributed by atoms with Crippen molar-refractivity contribution < 1.29 is 5.11 Å². The molecular weight excluding hydrogens is 195 g/mol. The quantitative estimate of drug-likeness (QED) is 0.781. The van der Waals surface area contributed by atoms with Crippen molar-refractivity contribution in [2.24, 2.45) is 0 Å². The highest BCUT2D eigenvalue weighted by molar-refractivity contribution is 6.32. The van der Waals surface area contributed by atoms with E-state index in [1.807, 2.05) is 0 Å².